The first-order valence-electron chi connectivity index (χ1n) is 6.46. The fourth-order valence-corrected chi connectivity index (χ4v) is 1.56. The lowest BCUT2D eigenvalue weighted by atomic mass is 10.2. The average Bonchev–Trinajstić information content (AvgIpc) is 2.28. The van der Waals surface area contributed by atoms with Crippen LogP contribution < -0.4 is 5.32 Å². The molecule has 0 aromatic carbocycles. The minimum Gasteiger partial charge on any atom is -0.481 e. The van der Waals surface area contributed by atoms with Crippen LogP contribution in [0, 0.1) is 0 Å². The van der Waals surface area contributed by atoms with E-state index in [1.165, 1.54) is 13.8 Å². The molecule has 0 radical (unpaired) electrons. The van der Waals surface area contributed by atoms with Gasteiger partial charge in [0, 0.05) is 19.0 Å². The molecule has 0 atom stereocenters. The van der Waals surface area contributed by atoms with Crippen molar-refractivity contribution in [1.82, 2.24) is 10.2 Å². The van der Waals surface area contributed by atoms with Crippen LogP contribution in [0.1, 0.15) is 39.5 Å². The number of carboxylic acid groups (broad SMARTS) is 1. The number of carbonyl (C=O) groups is 2. The minimum atomic E-state index is -4.43. The van der Waals surface area contributed by atoms with Crippen molar-refractivity contribution < 1.29 is 27.9 Å². The van der Waals surface area contributed by atoms with Gasteiger partial charge in [-0.1, -0.05) is 6.42 Å². The summed E-state index contributed by atoms with van der Waals surface area (Å²) in [5, 5.41) is 10.8. The SMILES string of the molecule is CC(C)N(CC(F)(F)F)C(=O)NCCCCCC(=O)O. The zero-order valence-corrected chi connectivity index (χ0v) is 11.7. The lowest BCUT2D eigenvalue weighted by Crippen LogP contribution is -2.48. The summed E-state index contributed by atoms with van der Waals surface area (Å²) in [6.07, 6.45) is -2.74. The summed E-state index contributed by atoms with van der Waals surface area (Å²) in [7, 11) is 0. The molecular formula is C12H21F3N2O3. The molecule has 0 aromatic heterocycles. The Labute approximate surface area is 116 Å². The number of carboxylic acids is 1. The van der Waals surface area contributed by atoms with Gasteiger partial charge >= 0.3 is 18.2 Å². The Kier molecular flexibility index (Phi) is 8.02. The van der Waals surface area contributed by atoms with Gasteiger partial charge in [-0.25, -0.2) is 4.79 Å². The molecule has 0 heterocycles. The standard InChI is InChI=1S/C12H21F3N2O3/c1-9(2)17(8-12(13,14)15)11(20)16-7-5-3-4-6-10(18)19/h9H,3-8H2,1-2H3,(H,16,20)(H,18,19). The second-order valence-electron chi connectivity index (χ2n) is 4.77. The minimum absolute atomic E-state index is 0.0557. The molecule has 2 amide bonds. The van der Waals surface area contributed by atoms with E-state index in [4.69, 9.17) is 5.11 Å². The molecule has 5 nitrogen and oxygen atoms in total. The van der Waals surface area contributed by atoms with Crippen LogP contribution in [0.4, 0.5) is 18.0 Å². The predicted octanol–water partition coefficient (Wildman–Crippen LogP) is 2.61. The summed E-state index contributed by atoms with van der Waals surface area (Å²) < 4.78 is 36.9. The molecule has 0 aliphatic carbocycles. The van der Waals surface area contributed by atoms with Crippen LogP contribution in [0.2, 0.25) is 0 Å². The maximum Gasteiger partial charge on any atom is 0.406 e. The van der Waals surface area contributed by atoms with Crippen LogP contribution in [0.3, 0.4) is 0 Å². The van der Waals surface area contributed by atoms with E-state index in [2.05, 4.69) is 5.32 Å². The molecule has 20 heavy (non-hydrogen) atoms. The van der Waals surface area contributed by atoms with Gasteiger partial charge in [0.15, 0.2) is 0 Å². The van der Waals surface area contributed by atoms with Crippen LogP contribution >= 0.6 is 0 Å². The van der Waals surface area contributed by atoms with Gasteiger partial charge in [-0.15, -0.1) is 0 Å². The number of rotatable bonds is 8. The third-order valence-corrected chi connectivity index (χ3v) is 2.58. The predicted molar refractivity (Wildman–Crippen MR) is 67.4 cm³/mol. The van der Waals surface area contributed by atoms with Crippen molar-refractivity contribution in [3.8, 4) is 0 Å². The van der Waals surface area contributed by atoms with Crippen LogP contribution in [-0.4, -0.2) is 47.3 Å². The highest BCUT2D eigenvalue weighted by molar-refractivity contribution is 5.74. The number of amides is 2. The van der Waals surface area contributed by atoms with Crippen molar-refractivity contribution in [2.75, 3.05) is 13.1 Å². The molecule has 118 valence electrons. The highest BCUT2D eigenvalue weighted by atomic mass is 19.4. The van der Waals surface area contributed by atoms with Gasteiger partial charge in [-0.05, 0) is 26.7 Å². The molecule has 0 saturated carbocycles. The highest BCUT2D eigenvalue weighted by Gasteiger charge is 2.34. The molecule has 0 aliphatic heterocycles. The molecule has 0 spiro atoms. The molecule has 0 unspecified atom stereocenters. The van der Waals surface area contributed by atoms with E-state index in [0.29, 0.717) is 19.3 Å². The maximum atomic E-state index is 12.3. The van der Waals surface area contributed by atoms with Gasteiger partial charge < -0.3 is 15.3 Å². The van der Waals surface area contributed by atoms with Crippen molar-refractivity contribution in [3.05, 3.63) is 0 Å². The first kappa shape index (κ1) is 18.5. The first-order chi connectivity index (χ1) is 9.13. The van der Waals surface area contributed by atoms with E-state index in [9.17, 15) is 22.8 Å². The molecule has 0 aliphatic rings. The smallest absolute Gasteiger partial charge is 0.406 e. The number of carbonyl (C=O) groups excluding carboxylic acids is 1. The summed E-state index contributed by atoms with van der Waals surface area (Å²) >= 11 is 0. The number of hydrogen-bond acceptors (Lipinski definition) is 2. The van der Waals surface area contributed by atoms with Gasteiger partial charge in [0.2, 0.25) is 0 Å². The molecular weight excluding hydrogens is 277 g/mol. The van der Waals surface area contributed by atoms with Gasteiger partial charge in [-0.2, -0.15) is 13.2 Å². The zero-order chi connectivity index (χ0) is 15.8. The normalized spacial score (nSPS) is 11.5. The van der Waals surface area contributed by atoms with Crippen molar-refractivity contribution in [3.63, 3.8) is 0 Å². The van der Waals surface area contributed by atoms with Gasteiger partial charge in [0.05, 0.1) is 0 Å². The van der Waals surface area contributed by atoms with Crippen LogP contribution in [-0.2, 0) is 4.79 Å². The Morgan fingerprint density at radius 2 is 1.80 bits per heavy atom. The summed E-state index contributed by atoms with van der Waals surface area (Å²) in [5.41, 5.74) is 0. The first-order valence-corrected chi connectivity index (χ1v) is 6.46. The number of aliphatic carboxylic acids is 1. The average molecular weight is 298 g/mol. The van der Waals surface area contributed by atoms with Crippen molar-refractivity contribution in [1.29, 1.82) is 0 Å². The Morgan fingerprint density at radius 3 is 2.25 bits per heavy atom. The van der Waals surface area contributed by atoms with Crippen molar-refractivity contribution in [2.24, 2.45) is 0 Å². The van der Waals surface area contributed by atoms with E-state index >= 15 is 0 Å². The Balaban J connectivity index is 4.00. The Morgan fingerprint density at radius 1 is 1.20 bits per heavy atom. The summed E-state index contributed by atoms with van der Waals surface area (Å²) in [6, 6.07) is -1.31. The number of hydrogen-bond donors (Lipinski definition) is 2. The largest absolute Gasteiger partial charge is 0.481 e. The fraction of sp³-hybridized carbons (Fsp3) is 0.833. The van der Waals surface area contributed by atoms with Crippen molar-refractivity contribution >= 4 is 12.0 Å². The number of nitrogens with one attached hydrogen (secondary N) is 1. The van der Waals surface area contributed by atoms with E-state index in [1.54, 1.807) is 0 Å². The molecule has 0 saturated heterocycles. The van der Waals surface area contributed by atoms with Crippen LogP contribution in [0.5, 0.6) is 0 Å². The molecule has 0 aromatic rings. The van der Waals surface area contributed by atoms with Gasteiger partial charge in [0.25, 0.3) is 0 Å². The number of unbranched alkanes of at least 4 members (excludes halogenated alkanes) is 2. The third-order valence-electron chi connectivity index (χ3n) is 2.58. The Bertz CT molecular complexity index is 320. The summed E-state index contributed by atoms with van der Waals surface area (Å²) in [5.74, 6) is -0.884. The van der Waals surface area contributed by atoms with Gasteiger partial charge in [-0.3, -0.25) is 4.79 Å². The molecule has 8 heteroatoms. The second-order valence-corrected chi connectivity index (χ2v) is 4.77. The number of nitrogens with zero attached hydrogens (tertiary/aromatic N) is 1. The number of urea groups is 1. The Hall–Kier alpha value is -1.47. The van der Waals surface area contributed by atoms with E-state index < -0.39 is 30.8 Å². The maximum absolute atomic E-state index is 12.3. The van der Waals surface area contributed by atoms with Crippen LogP contribution in [0.25, 0.3) is 0 Å². The highest BCUT2D eigenvalue weighted by Crippen LogP contribution is 2.18. The molecule has 2 N–H and O–H groups in total. The van der Waals surface area contributed by atoms with E-state index in [-0.39, 0.29) is 13.0 Å². The fourth-order valence-electron chi connectivity index (χ4n) is 1.56. The van der Waals surface area contributed by atoms with E-state index in [0.717, 1.165) is 4.90 Å². The number of alkyl halides is 3. The topological polar surface area (TPSA) is 69.6 Å². The number of halogens is 3. The van der Waals surface area contributed by atoms with Crippen molar-refractivity contribution in [2.45, 2.75) is 51.7 Å². The third kappa shape index (κ3) is 9.46. The molecule has 0 rings (SSSR count). The van der Waals surface area contributed by atoms with E-state index in [1.807, 2.05) is 0 Å². The summed E-state index contributed by atoms with van der Waals surface area (Å²) in [6.45, 7) is 1.98. The zero-order valence-electron chi connectivity index (χ0n) is 11.7. The lowest BCUT2D eigenvalue weighted by Gasteiger charge is -2.27. The monoisotopic (exact) mass is 298 g/mol. The van der Waals surface area contributed by atoms with Crippen LogP contribution in [0.15, 0.2) is 0 Å². The van der Waals surface area contributed by atoms with Gasteiger partial charge in [0.1, 0.15) is 6.54 Å². The summed E-state index contributed by atoms with van der Waals surface area (Å²) in [4.78, 5) is 22.6. The molecule has 0 fully saturated rings. The quantitative estimate of drug-likeness (QED) is 0.677. The molecule has 0 bridgehead atoms. The lowest BCUT2D eigenvalue weighted by molar-refractivity contribution is -0.142. The second kappa shape index (κ2) is 8.65.